The zero-order valence-corrected chi connectivity index (χ0v) is 10.9. The maximum Gasteiger partial charge on any atom is 0.240 e. The number of hydrogen-bond acceptors (Lipinski definition) is 3. The number of halogens is 1. The van der Waals surface area contributed by atoms with Gasteiger partial charge in [-0.3, -0.25) is 0 Å². The summed E-state index contributed by atoms with van der Waals surface area (Å²) in [6.45, 7) is 3.93. The van der Waals surface area contributed by atoms with Gasteiger partial charge in [-0.15, -0.1) is 0 Å². The minimum absolute atomic E-state index is 0.0365. The molecule has 18 heavy (non-hydrogen) atoms. The number of hydrogen-bond donors (Lipinski definition) is 1. The van der Waals surface area contributed by atoms with Crippen LogP contribution < -0.4 is 4.72 Å². The molecule has 0 radical (unpaired) electrons. The quantitative estimate of drug-likeness (QED) is 0.908. The lowest BCUT2D eigenvalue weighted by Crippen LogP contribution is -2.28. The lowest BCUT2D eigenvalue weighted by atomic mass is 10.2. The van der Waals surface area contributed by atoms with Crippen LogP contribution in [0.4, 0.5) is 4.39 Å². The molecule has 1 atom stereocenters. The maximum absolute atomic E-state index is 13.1. The Hall–Kier alpha value is -1.45. The van der Waals surface area contributed by atoms with Gasteiger partial charge in [-0.25, -0.2) is 17.5 Å². The molecule has 1 aromatic carbocycles. The molecule has 0 bridgehead atoms. The molecule has 0 spiro atoms. The van der Waals surface area contributed by atoms with Crippen LogP contribution in [0.25, 0.3) is 0 Å². The van der Waals surface area contributed by atoms with E-state index in [1.54, 1.807) is 6.07 Å². The van der Waals surface area contributed by atoms with E-state index in [2.05, 4.69) is 4.72 Å². The van der Waals surface area contributed by atoms with Gasteiger partial charge in [0.05, 0.1) is 10.5 Å². The zero-order valence-electron chi connectivity index (χ0n) is 10.1. The van der Waals surface area contributed by atoms with E-state index in [-0.39, 0.29) is 21.9 Å². The van der Waals surface area contributed by atoms with Crippen molar-refractivity contribution >= 4 is 10.0 Å². The monoisotopic (exact) mass is 268 g/mol. The lowest BCUT2D eigenvalue weighted by molar-refractivity contribution is 0.554. The Balaban J connectivity index is 2.28. The van der Waals surface area contributed by atoms with E-state index in [0.29, 0.717) is 0 Å². The van der Waals surface area contributed by atoms with E-state index in [0.717, 1.165) is 24.6 Å². The predicted molar refractivity (Wildman–Crippen MR) is 63.6 cm³/mol. The number of rotatable bonds is 3. The van der Waals surface area contributed by atoms with Crippen molar-refractivity contribution in [1.29, 1.82) is 5.26 Å². The summed E-state index contributed by atoms with van der Waals surface area (Å²) in [6, 6.07) is 4.73. The fourth-order valence-electron chi connectivity index (χ4n) is 1.68. The molecule has 1 aromatic rings. The highest BCUT2D eigenvalue weighted by molar-refractivity contribution is 7.89. The molecule has 6 heteroatoms. The summed E-state index contributed by atoms with van der Waals surface area (Å²) >= 11 is 0. The molecule has 0 amide bonds. The van der Waals surface area contributed by atoms with Crippen molar-refractivity contribution in [3.63, 3.8) is 0 Å². The van der Waals surface area contributed by atoms with Crippen LogP contribution in [0.5, 0.6) is 0 Å². The largest absolute Gasteiger partial charge is 0.240 e. The van der Waals surface area contributed by atoms with Gasteiger partial charge in [-0.2, -0.15) is 5.26 Å². The third kappa shape index (κ3) is 2.37. The van der Waals surface area contributed by atoms with Crippen molar-refractivity contribution in [2.75, 3.05) is 0 Å². The van der Waals surface area contributed by atoms with Crippen molar-refractivity contribution in [1.82, 2.24) is 4.72 Å². The second-order valence-corrected chi connectivity index (χ2v) is 6.83. The van der Waals surface area contributed by atoms with Crippen molar-refractivity contribution in [2.24, 2.45) is 5.41 Å². The Labute approximate surface area is 105 Å². The van der Waals surface area contributed by atoms with Gasteiger partial charge in [0.25, 0.3) is 0 Å². The normalized spacial score (nSPS) is 21.3. The molecular weight excluding hydrogens is 255 g/mol. The standard InChI is InChI=1S/C12H13FN2O2S/c1-12(2)6-11(12)15-18(16,17)9-3-4-10(13)8(5-9)7-14/h3-5,11,15H,6H2,1-2H3. The summed E-state index contributed by atoms with van der Waals surface area (Å²) in [7, 11) is -3.69. The highest BCUT2D eigenvalue weighted by Crippen LogP contribution is 2.45. The van der Waals surface area contributed by atoms with Crippen LogP contribution in [0, 0.1) is 22.6 Å². The van der Waals surface area contributed by atoms with Gasteiger partial charge in [-0.1, -0.05) is 13.8 Å². The number of nitrogens with one attached hydrogen (secondary N) is 1. The summed E-state index contributed by atoms with van der Waals surface area (Å²) in [4.78, 5) is -0.0804. The maximum atomic E-state index is 13.1. The first-order valence-electron chi connectivity index (χ1n) is 5.48. The summed E-state index contributed by atoms with van der Waals surface area (Å²) < 4.78 is 39.7. The highest BCUT2D eigenvalue weighted by atomic mass is 32.2. The third-order valence-corrected chi connectivity index (χ3v) is 4.65. The first-order valence-corrected chi connectivity index (χ1v) is 6.96. The van der Waals surface area contributed by atoms with Crippen molar-refractivity contribution < 1.29 is 12.8 Å². The molecule has 1 saturated carbocycles. The van der Waals surface area contributed by atoms with Crippen molar-refractivity contribution in [2.45, 2.75) is 31.2 Å². The van der Waals surface area contributed by atoms with Crippen LogP contribution in [0.1, 0.15) is 25.8 Å². The van der Waals surface area contributed by atoms with Gasteiger partial charge in [0.2, 0.25) is 10.0 Å². The Kier molecular flexibility index (Phi) is 2.92. The van der Waals surface area contributed by atoms with Gasteiger partial charge in [0, 0.05) is 6.04 Å². The fourth-order valence-corrected chi connectivity index (χ4v) is 3.11. The third-order valence-electron chi connectivity index (χ3n) is 3.18. The number of sulfonamides is 1. The molecule has 0 saturated heterocycles. The Morgan fingerprint density at radius 2 is 2.11 bits per heavy atom. The van der Waals surface area contributed by atoms with Gasteiger partial charge in [0.1, 0.15) is 11.9 Å². The predicted octanol–water partition coefficient (Wildman–Crippen LogP) is 1.77. The number of benzene rings is 1. The molecule has 0 aliphatic heterocycles. The fraction of sp³-hybridized carbons (Fsp3) is 0.417. The summed E-state index contributed by atoms with van der Waals surface area (Å²) in [5.74, 6) is -0.719. The lowest BCUT2D eigenvalue weighted by Gasteiger charge is -2.08. The molecular formula is C12H13FN2O2S. The molecule has 96 valence electrons. The summed E-state index contributed by atoms with van der Waals surface area (Å²) in [5, 5.41) is 8.68. The average molecular weight is 268 g/mol. The molecule has 1 N–H and O–H groups in total. The molecule has 4 nitrogen and oxygen atoms in total. The van der Waals surface area contributed by atoms with Gasteiger partial charge < -0.3 is 0 Å². The topological polar surface area (TPSA) is 70.0 Å². The average Bonchev–Trinajstić information content (AvgIpc) is 2.85. The number of nitrogens with zero attached hydrogens (tertiary/aromatic N) is 1. The molecule has 1 aliphatic carbocycles. The SMILES string of the molecule is CC1(C)CC1NS(=O)(=O)c1ccc(F)c(C#N)c1. The van der Waals surface area contributed by atoms with Gasteiger partial charge in [-0.05, 0) is 30.0 Å². The second kappa shape index (κ2) is 4.04. The van der Waals surface area contributed by atoms with E-state index in [4.69, 9.17) is 5.26 Å². The van der Waals surface area contributed by atoms with Crippen LogP contribution in [-0.2, 0) is 10.0 Å². The molecule has 0 heterocycles. The van der Waals surface area contributed by atoms with E-state index >= 15 is 0 Å². The molecule has 1 unspecified atom stereocenters. The zero-order chi connectivity index (χ0) is 13.6. The van der Waals surface area contributed by atoms with E-state index in [9.17, 15) is 12.8 Å². The Morgan fingerprint density at radius 1 is 1.50 bits per heavy atom. The van der Waals surface area contributed by atoms with Crippen LogP contribution in [0.3, 0.4) is 0 Å². The van der Waals surface area contributed by atoms with E-state index < -0.39 is 15.8 Å². The van der Waals surface area contributed by atoms with Crippen molar-refractivity contribution in [3.8, 4) is 6.07 Å². The smallest absolute Gasteiger partial charge is 0.208 e. The summed E-state index contributed by atoms with van der Waals surface area (Å²) in [5.41, 5.74) is -0.307. The van der Waals surface area contributed by atoms with E-state index in [1.807, 2.05) is 13.8 Å². The van der Waals surface area contributed by atoms with Crippen LogP contribution in [0.15, 0.2) is 23.1 Å². The summed E-state index contributed by atoms with van der Waals surface area (Å²) in [6.07, 6.45) is 0.776. The first kappa shape index (κ1) is 13.0. The Bertz CT molecular complexity index is 632. The highest BCUT2D eigenvalue weighted by Gasteiger charge is 2.47. The van der Waals surface area contributed by atoms with Gasteiger partial charge >= 0.3 is 0 Å². The van der Waals surface area contributed by atoms with E-state index in [1.165, 1.54) is 0 Å². The van der Waals surface area contributed by atoms with Crippen LogP contribution >= 0.6 is 0 Å². The molecule has 0 aromatic heterocycles. The molecule has 1 fully saturated rings. The van der Waals surface area contributed by atoms with Crippen LogP contribution in [-0.4, -0.2) is 14.5 Å². The minimum Gasteiger partial charge on any atom is -0.208 e. The Morgan fingerprint density at radius 3 is 2.61 bits per heavy atom. The second-order valence-electron chi connectivity index (χ2n) is 5.12. The molecule has 2 rings (SSSR count). The first-order chi connectivity index (χ1) is 8.26. The van der Waals surface area contributed by atoms with Crippen molar-refractivity contribution in [3.05, 3.63) is 29.6 Å². The number of nitriles is 1. The molecule has 1 aliphatic rings. The van der Waals surface area contributed by atoms with Gasteiger partial charge in [0.15, 0.2) is 0 Å². The van der Waals surface area contributed by atoms with Crippen LogP contribution in [0.2, 0.25) is 0 Å². The minimum atomic E-state index is -3.69.